The van der Waals surface area contributed by atoms with Gasteiger partial charge in [-0.2, -0.15) is 0 Å². The zero-order valence-corrected chi connectivity index (χ0v) is 8.40. The highest BCUT2D eigenvalue weighted by atomic mass is 16.6. The van der Waals surface area contributed by atoms with Crippen molar-refractivity contribution >= 4 is 11.9 Å². The van der Waals surface area contributed by atoms with Gasteiger partial charge in [0.15, 0.2) is 12.4 Å². The quantitative estimate of drug-likeness (QED) is 0.344. The van der Waals surface area contributed by atoms with Crippen molar-refractivity contribution in [3.05, 3.63) is 0 Å². The van der Waals surface area contributed by atoms with E-state index in [-0.39, 0.29) is 0 Å². The van der Waals surface area contributed by atoms with Gasteiger partial charge in [0.2, 0.25) is 5.91 Å². The largest absolute Gasteiger partial charge is 0.479 e. The van der Waals surface area contributed by atoms with Crippen LogP contribution >= 0.6 is 0 Å². The van der Waals surface area contributed by atoms with Crippen LogP contribution in [0.2, 0.25) is 0 Å². The number of hydrogen-bond acceptors (Lipinski definition) is 6. The Kier molecular flexibility index (Phi) is 3.81. The number of aliphatic carboxylic acids is 1. The van der Waals surface area contributed by atoms with Gasteiger partial charge in [0.1, 0.15) is 18.2 Å². The molecular weight excluding hydrogens is 222 g/mol. The molecule has 5 N–H and O–H groups in total. The minimum absolute atomic E-state index is 0.548. The molecule has 1 rings (SSSR count). The first kappa shape index (κ1) is 12.8. The van der Waals surface area contributed by atoms with Crippen molar-refractivity contribution in [2.45, 2.75) is 37.6 Å². The summed E-state index contributed by atoms with van der Waals surface area (Å²) in [5.74, 6) is -2.06. The minimum atomic E-state index is -1.73. The first-order valence-corrected chi connectivity index (χ1v) is 4.54. The molecule has 1 aliphatic heterocycles. The van der Waals surface area contributed by atoms with E-state index in [1.54, 1.807) is 0 Å². The lowest BCUT2D eigenvalue weighted by molar-refractivity contribution is -0.249. The Morgan fingerprint density at radius 2 is 1.75 bits per heavy atom. The van der Waals surface area contributed by atoms with E-state index in [1.807, 2.05) is 0 Å². The Bertz CT molecular complexity index is 294. The van der Waals surface area contributed by atoms with Crippen LogP contribution in [0.15, 0.2) is 0 Å². The molecular formula is C8H13NO7. The Hall–Kier alpha value is -1.22. The molecule has 1 saturated heterocycles. The molecule has 0 aromatic heterocycles. The Morgan fingerprint density at radius 3 is 2.19 bits per heavy atom. The number of aliphatic hydroxyl groups is 3. The highest BCUT2D eigenvalue weighted by Crippen LogP contribution is 2.20. The Morgan fingerprint density at radius 1 is 1.19 bits per heavy atom. The lowest BCUT2D eigenvalue weighted by Gasteiger charge is -2.39. The van der Waals surface area contributed by atoms with Crippen LogP contribution in [0.5, 0.6) is 0 Å². The maximum Gasteiger partial charge on any atom is 0.335 e. The normalized spacial score (nSPS) is 39.1. The molecule has 1 fully saturated rings. The molecule has 1 aliphatic rings. The second-order valence-corrected chi connectivity index (χ2v) is 3.49. The summed E-state index contributed by atoms with van der Waals surface area (Å²) in [6.45, 7) is 1.15. The van der Waals surface area contributed by atoms with Gasteiger partial charge < -0.3 is 30.5 Å². The fraction of sp³-hybridized carbons (Fsp3) is 0.750. The number of carbonyl (C=O) groups is 2. The predicted molar refractivity (Wildman–Crippen MR) is 48.1 cm³/mol. The molecule has 0 unspecified atom stereocenters. The van der Waals surface area contributed by atoms with Crippen molar-refractivity contribution in [2.24, 2.45) is 0 Å². The second kappa shape index (κ2) is 4.74. The molecule has 5 atom stereocenters. The third-order valence-electron chi connectivity index (χ3n) is 2.23. The van der Waals surface area contributed by atoms with Crippen LogP contribution in [0.4, 0.5) is 0 Å². The average Bonchev–Trinajstić information content (AvgIpc) is 2.17. The number of aliphatic hydroxyl groups excluding tert-OH is 3. The molecule has 92 valence electrons. The summed E-state index contributed by atoms with van der Waals surface area (Å²) < 4.78 is 4.58. The molecule has 0 aromatic rings. The fourth-order valence-corrected chi connectivity index (χ4v) is 1.47. The first-order valence-electron chi connectivity index (χ1n) is 4.54. The van der Waals surface area contributed by atoms with E-state index in [4.69, 9.17) is 5.11 Å². The molecule has 1 heterocycles. The number of carboxylic acid groups (broad SMARTS) is 1. The average molecular weight is 235 g/mol. The summed E-state index contributed by atoms with van der Waals surface area (Å²) in [5, 5.41) is 39.0. The third-order valence-corrected chi connectivity index (χ3v) is 2.23. The number of hydrogen-bond donors (Lipinski definition) is 5. The lowest BCUT2D eigenvalue weighted by atomic mass is 9.97. The molecule has 1 amide bonds. The number of carbonyl (C=O) groups excluding carboxylic acids is 1. The van der Waals surface area contributed by atoms with E-state index in [1.165, 1.54) is 0 Å². The van der Waals surface area contributed by atoms with Gasteiger partial charge in [0.25, 0.3) is 0 Å². The third kappa shape index (κ3) is 2.47. The minimum Gasteiger partial charge on any atom is -0.479 e. The van der Waals surface area contributed by atoms with Crippen LogP contribution in [0.3, 0.4) is 0 Å². The number of amides is 1. The molecule has 0 bridgehead atoms. The maximum absolute atomic E-state index is 10.7. The van der Waals surface area contributed by atoms with Crippen LogP contribution in [0, 0.1) is 0 Å². The van der Waals surface area contributed by atoms with Crippen molar-refractivity contribution in [3.8, 4) is 0 Å². The van der Waals surface area contributed by atoms with E-state index < -0.39 is 42.5 Å². The van der Waals surface area contributed by atoms with Gasteiger partial charge in [-0.15, -0.1) is 0 Å². The summed E-state index contributed by atoms with van der Waals surface area (Å²) in [5.41, 5.74) is 0. The molecule has 8 nitrogen and oxygen atoms in total. The molecule has 0 spiro atoms. The molecule has 0 aliphatic carbocycles. The van der Waals surface area contributed by atoms with Crippen LogP contribution in [0.25, 0.3) is 0 Å². The topological polar surface area (TPSA) is 136 Å². The van der Waals surface area contributed by atoms with Gasteiger partial charge in [-0.1, -0.05) is 0 Å². The van der Waals surface area contributed by atoms with Gasteiger partial charge in [-0.25, -0.2) is 4.79 Å². The molecule has 8 heteroatoms. The summed E-state index contributed by atoms with van der Waals surface area (Å²) in [4.78, 5) is 21.3. The van der Waals surface area contributed by atoms with Crippen molar-refractivity contribution in [2.75, 3.05) is 0 Å². The fourth-order valence-electron chi connectivity index (χ4n) is 1.47. The molecule has 0 radical (unpaired) electrons. The monoisotopic (exact) mass is 235 g/mol. The maximum atomic E-state index is 10.7. The van der Waals surface area contributed by atoms with Crippen molar-refractivity contribution < 1.29 is 34.8 Å². The van der Waals surface area contributed by atoms with Crippen molar-refractivity contribution in [1.29, 1.82) is 0 Å². The summed E-state index contributed by atoms with van der Waals surface area (Å²) in [6, 6.07) is -1.26. The van der Waals surface area contributed by atoms with Gasteiger partial charge in [0, 0.05) is 6.92 Å². The van der Waals surface area contributed by atoms with Gasteiger partial charge in [-0.3, -0.25) is 4.79 Å². The van der Waals surface area contributed by atoms with Gasteiger partial charge in [0.05, 0.1) is 0 Å². The van der Waals surface area contributed by atoms with E-state index in [0.29, 0.717) is 0 Å². The van der Waals surface area contributed by atoms with E-state index >= 15 is 0 Å². The van der Waals surface area contributed by atoms with Gasteiger partial charge >= 0.3 is 5.97 Å². The van der Waals surface area contributed by atoms with Crippen molar-refractivity contribution in [3.63, 3.8) is 0 Å². The number of carboxylic acids is 1. The predicted octanol–water partition coefficient (Wildman–Crippen LogP) is -2.99. The number of ether oxygens (including phenoxy) is 1. The highest BCUT2D eigenvalue weighted by Gasteiger charge is 2.47. The second-order valence-electron chi connectivity index (χ2n) is 3.49. The SMILES string of the molecule is CC(=O)N[C@@H]1[C@@H](O)[C@@H](O)[C@@H](C(=O)O)O[C@H]1O. The van der Waals surface area contributed by atoms with E-state index in [2.05, 4.69) is 10.1 Å². The summed E-state index contributed by atoms with van der Waals surface area (Å²) >= 11 is 0. The molecule has 16 heavy (non-hydrogen) atoms. The molecule has 0 aromatic carbocycles. The number of rotatable bonds is 2. The Balaban J connectivity index is 2.79. The standard InChI is InChI=1S/C8H13NO7/c1-2(10)9-3-4(11)5(12)6(7(13)14)16-8(3)15/h3-6,8,11-12,15H,1H3,(H,9,10)(H,13,14)/t3-,4-,5-,6+,8-/m1/s1. The zero-order chi connectivity index (χ0) is 12.5. The van der Waals surface area contributed by atoms with E-state index in [9.17, 15) is 24.9 Å². The smallest absolute Gasteiger partial charge is 0.335 e. The summed E-state index contributed by atoms with van der Waals surface area (Å²) in [6.07, 6.45) is -6.76. The lowest BCUT2D eigenvalue weighted by Crippen LogP contribution is -2.64. The van der Waals surface area contributed by atoms with Gasteiger partial charge in [-0.05, 0) is 0 Å². The van der Waals surface area contributed by atoms with E-state index in [0.717, 1.165) is 6.92 Å². The molecule has 0 saturated carbocycles. The zero-order valence-electron chi connectivity index (χ0n) is 8.40. The van der Waals surface area contributed by atoms with Crippen LogP contribution < -0.4 is 5.32 Å². The Labute approximate surface area is 90.5 Å². The number of nitrogens with one attached hydrogen (secondary N) is 1. The van der Waals surface area contributed by atoms with Crippen molar-refractivity contribution in [1.82, 2.24) is 5.32 Å². The van der Waals surface area contributed by atoms with Crippen LogP contribution in [-0.4, -0.2) is 62.9 Å². The first-order chi connectivity index (χ1) is 7.34. The highest BCUT2D eigenvalue weighted by molar-refractivity contribution is 5.74. The summed E-state index contributed by atoms with van der Waals surface area (Å²) in [7, 11) is 0. The van der Waals surface area contributed by atoms with Crippen LogP contribution in [-0.2, 0) is 14.3 Å². The van der Waals surface area contributed by atoms with Crippen LogP contribution in [0.1, 0.15) is 6.92 Å².